The van der Waals surface area contributed by atoms with Crippen LogP contribution in [-0.4, -0.2) is 265 Å². The van der Waals surface area contributed by atoms with Crippen molar-refractivity contribution in [3.05, 3.63) is 11.6 Å². The highest BCUT2D eigenvalue weighted by Gasteiger charge is 2.69. The van der Waals surface area contributed by atoms with Crippen molar-refractivity contribution >= 4 is 0 Å². The van der Waals surface area contributed by atoms with Crippen LogP contribution in [0.3, 0.4) is 0 Å². The minimum absolute atomic E-state index is 0.0374. The van der Waals surface area contributed by atoms with E-state index in [1.54, 1.807) is 0 Å². The van der Waals surface area contributed by atoms with Crippen LogP contribution in [-0.2, 0) is 52.1 Å². The number of hydrogen-bond acceptors (Lipinski definition) is 25. The molecule has 466 valence electrons. The topological polar surface area (TPSA) is 385 Å². The fourth-order valence-electron chi connectivity index (χ4n) is 16.3. The molecule has 81 heavy (non-hydrogen) atoms. The summed E-state index contributed by atoms with van der Waals surface area (Å²) in [6, 6.07) is 0. The van der Waals surface area contributed by atoms with E-state index in [1.807, 2.05) is 0 Å². The van der Waals surface area contributed by atoms with Crippen LogP contribution in [0.25, 0.3) is 0 Å². The van der Waals surface area contributed by atoms with Gasteiger partial charge < -0.3 is 124 Å². The molecule has 14 N–H and O–H groups in total. The Labute approximate surface area is 471 Å². The number of aliphatic hydroxyl groups is 14. The Morgan fingerprint density at radius 3 is 1.63 bits per heavy atom. The third-order valence-corrected chi connectivity index (χ3v) is 21.1. The number of aliphatic hydroxyl groups excluding tert-OH is 14. The minimum atomic E-state index is -1.86. The van der Waals surface area contributed by atoms with E-state index in [0.717, 1.165) is 51.6 Å². The summed E-state index contributed by atoms with van der Waals surface area (Å²) < 4.78 is 66.5. The van der Waals surface area contributed by atoms with Crippen molar-refractivity contribution in [2.75, 3.05) is 52.9 Å². The van der Waals surface area contributed by atoms with Crippen molar-refractivity contribution in [1.29, 1.82) is 0 Å². The fourth-order valence-corrected chi connectivity index (χ4v) is 16.3. The predicted octanol–water partition coefficient (Wildman–Crippen LogP) is -2.97. The molecule has 4 aliphatic carbocycles. The Bertz CT molecular complexity index is 2000. The summed E-state index contributed by atoms with van der Waals surface area (Å²) in [7, 11) is 0. The molecule has 10 rings (SSSR count). The molecule has 25 heteroatoms. The molecule has 0 aromatic rings. The highest BCUT2D eigenvalue weighted by molar-refractivity contribution is 5.26. The van der Waals surface area contributed by atoms with Gasteiger partial charge in [-0.2, -0.15) is 0 Å². The first kappa shape index (κ1) is 62.8. The quantitative estimate of drug-likeness (QED) is 0.0609. The molecule has 1 spiro atoms. The molecule has 6 heterocycles. The molecule has 0 aromatic heterocycles. The van der Waals surface area contributed by atoms with Gasteiger partial charge in [0.15, 0.2) is 30.9 Å². The summed E-state index contributed by atoms with van der Waals surface area (Å²) in [5.74, 6) is 1.99. The average Bonchev–Trinajstić information content (AvgIpc) is 3.70. The Morgan fingerprint density at radius 1 is 0.580 bits per heavy atom. The number of ether oxygens (including phenoxy) is 11. The Kier molecular flexibility index (Phi) is 19.7. The molecule has 9 fully saturated rings. The van der Waals surface area contributed by atoms with Gasteiger partial charge in [-0.1, -0.05) is 39.3 Å². The van der Waals surface area contributed by atoms with Crippen molar-refractivity contribution < 1.29 is 124 Å². The van der Waals surface area contributed by atoms with Crippen LogP contribution < -0.4 is 0 Å². The lowest BCUT2D eigenvalue weighted by molar-refractivity contribution is -0.363. The van der Waals surface area contributed by atoms with E-state index in [1.165, 1.54) is 18.4 Å². The van der Waals surface area contributed by atoms with Crippen LogP contribution in [0.2, 0.25) is 0 Å². The standard InChI is InChI=1S/C56H92O25/c1-24-7-13-56(74-21-24)25(2)37-32(81-56)16-31-29-6-5-27-15-28(8-11-54(27,3)30(29)9-12-55(31,37)4)71-14-10-26(22-72-50-46(69)42(65)48(35(19-59)77-50)79-52-44(67)40(63)38(61)33(17-57)75-52)23-73-51-47(70)43(66)49(36(20-60)78-51)80-53-45(68)41(64)39(62)34(18-58)76-53/h5,24-26,28-53,57-70H,6-23H2,1-4H3/t24-,25+,28+,29-,30+,31+,32+,33-,34-,35-,36-,37+,38-,39-,40+,41+,42-,43-,44-,45-,46-,47-,48-,49-,50-,51-,52-,53-,54+,55+,56-/m1/s1. The van der Waals surface area contributed by atoms with Gasteiger partial charge in [0.1, 0.15) is 97.7 Å². The largest absolute Gasteiger partial charge is 0.394 e. The molecule has 6 aliphatic heterocycles. The van der Waals surface area contributed by atoms with E-state index in [0.29, 0.717) is 35.5 Å². The Hall–Kier alpha value is -1.26. The van der Waals surface area contributed by atoms with Gasteiger partial charge in [0.05, 0.1) is 58.5 Å². The predicted molar refractivity (Wildman–Crippen MR) is 274 cm³/mol. The van der Waals surface area contributed by atoms with Gasteiger partial charge in [-0.05, 0) is 98.2 Å². The van der Waals surface area contributed by atoms with Crippen molar-refractivity contribution in [1.82, 2.24) is 0 Å². The van der Waals surface area contributed by atoms with Crippen molar-refractivity contribution in [2.24, 2.45) is 52.3 Å². The molecule has 31 atom stereocenters. The number of allylic oxidation sites excluding steroid dienone is 1. The zero-order valence-corrected chi connectivity index (χ0v) is 46.8. The second-order valence-corrected chi connectivity index (χ2v) is 25.8. The first-order valence-electron chi connectivity index (χ1n) is 29.6. The lowest BCUT2D eigenvalue weighted by Crippen LogP contribution is -2.65. The van der Waals surface area contributed by atoms with Crippen molar-refractivity contribution in [2.45, 2.75) is 233 Å². The van der Waals surface area contributed by atoms with Gasteiger partial charge in [0.25, 0.3) is 0 Å². The zero-order chi connectivity index (χ0) is 58.0. The van der Waals surface area contributed by atoms with E-state index < -0.39 is 161 Å². The summed E-state index contributed by atoms with van der Waals surface area (Å²) in [5.41, 5.74) is 1.66. The van der Waals surface area contributed by atoms with Crippen LogP contribution in [0.4, 0.5) is 0 Å². The Balaban J connectivity index is 0.784. The van der Waals surface area contributed by atoms with Crippen molar-refractivity contribution in [3.63, 3.8) is 0 Å². The Morgan fingerprint density at radius 2 is 1.11 bits per heavy atom. The van der Waals surface area contributed by atoms with E-state index in [9.17, 15) is 71.5 Å². The molecular formula is C56H92O25. The van der Waals surface area contributed by atoms with Crippen LogP contribution in [0.1, 0.15) is 91.9 Å². The lowest BCUT2D eigenvalue weighted by Gasteiger charge is -2.58. The molecule has 25 nitrogen and oxygen atoms in total. The summed E-state index contributed by atoms with van der Waals surface area (Å²) in [4.78, 5) is 0. The van der Waals surface area contributed by atoms with Crippen LogP contribution in [0.5, 0.6) is 0 Å². The highest BCUT2D eigenvalue weighted by atomic mass is 16.8. The van der Waals surface area contributed by atoms with Gasteiger partial charge in [-0.15, -0.1) is 0 Å². The second kappa shape index (κ2) is 25.5. The number of hydrogen-bond donors (Lipinski definition) is 14. The van der Waals surface area contributed by atoms with Gasteiger partial charge in [-0.25, -0.2) is 0 Å². The summed E-state index contributed by atoms with van der Waals surface area (Å²) in [6.45, 7) is 7.00. The molecule has 0 aromatic carbocycles. The molecular weight excluding hydrogens is 1070 g/mol. The first-order valence-corrected chi connectivity index (χ1v) is 29.6. The minimum Gasteiger partial charge on any atom is -0.394 e. The molecule has 0 radical (unpaired) electrons. The maximum absolute atomic E-state index is 11.3. The lowest BCUT2D eigenvalue weighted by atomic mass is 9.47. The summed E-state index contributed by atoms with van der Waals surface area (Å²) in [5, 5.41) is 148. The monoisotopic (exact) mass is 1160 g/mol. The summed E-state index contributed by atoms with van der Waals surface area (Å²) >= 11 is 0. The van der Waals surface area contributed by atoms with Gasteiger partial charge in [0.2, 0.25) is 0 Å². The smallest absolute Gasteiger partial charge is 0.187 e. The fraction of sp³-hybridized carbons (Fsp3) is 0.964. The molecule has 3 saturated carbocycles. The van der Waals surface area contributed by atoms with E-state index in [2.05, 4.69) is 33.8 Å². The zero-order valence-electron chi connectivity index (χ0n) is 46.8. The average molecular weight is 1170 g/mol. The van der Waals surface area contributed by atoms with Crippen LogP contribution in [0.15, 0.2) is 11.6 Å². The summed E-state index contributed by atoms with van der Waals surface area (Å²) in [6.07, 6.45) is -21.3. The van der Waals surface area contributed by atoms with Crippen molar-refractivity contribution in [3.8, 4) is 0 Å². The van der Waals surface area contributed by atoms with Gasteiger partial charge in [-0.3, -0.25) is 0 Å². The third kappa shape index (κ3) is 11.7. The SMILES string of the molecule is C[C@@H]1CC[C@@]2(OC1)O[C@H]1C[C@H]3[C@@H]4CC=C5C[C@@H](OCCC(CO[C@@H]6O[C@H](CO)[C@@H](O[C@H]7O[C@H](CO)[C@@H](O)[C@H](O)[C@H]7O)[C@H](O)[C@H]6O)CO[C@@H]6O[C@H](CO)[C@@H](O[C@H]7O[C@H](CO)[C@@H](O)[C@H](O)[C@H]7O)[C@H](O)[C@H]6O)CC[C@]5(C)[C@H]4CC[C@]3(C)[C@H]1[C@@H]2C. The molecule has 6 saturated heterocycles. The maximum Gasteiger partial charge on any atom is 0.187 e. The number of fused-ring (bicyclic) bond motifs is 7. The first-order chi connectivity index (χ1) is 38.6. The van der Waals surface area contributed by atoms with E-state index in [-0.39, 0.29) is 49.3 Å². The molecule has 0 unspecified atom stereocenters. The van der Waals surface area contributed by atoms with Crippen LogP contribution >= 0.6 is 0 Å². The number of rotatable bonds is 18. The second-order valence-electron chi connectivity index (χ2n) is 25.8. The van der Waals surface area contributed by atoms with Gasteiger partial charge in [0, 0.05) is 24.9 Å². The molecule has 0 amide bonds. The van der Waals surface area contributed by atoms with Crippen LogP contribution in [0, 0.1) is 52.3 Å². The van der Waals surface area contributed by atoms with E-state index in [4.69, 9.17) is 52.1 Å². The highest BCUT2D eigenvalue weighted by Crippen LogP contribution is 2.70. The van der Waals surface area contributed by atoms with Gasteiger partial charge >= 0.3 is 0 Å². The molecule has 0 bridgehead atoms. The normalized spacial score (nSPS) is 52.8. The maximum atomic E-state index is 11.3. The van der Waals surface area contributed by atoms with E-state index >= 15 is 0 Å². The third-order valence-electron chi connectivity index (χ3n) is 21.1. The molecule has 10 aliphatic rings.